The largest absolute Gasteiger partial charge is 0.306 e. The molecule has 2 aromatic rings. The van der Waals surface area contributed by atoms with Crippen LogP contribution in [0.1, 0.15) is 24.1 Å². The highest BCUT2D eigenvalue weighted by atomic mass is 15.2. The van der Waals surface area contributed by atoms with Crippen molar-refractivity contribution in [2.75, 3.05) is 0 Å². The summed E-state index contributed by atoms with van der Waals surface area (Å²) in [6.07, 6.45) is 7.57. The Morgan fingerprint density at radius 1 is 1.44 bits per heavy atom. The van der Waals surface area contributed by atoms with Crippen LogP contribution in [0.15, 0.2) is 36.9 Å². The molecule has 0 aliphatic carbocycles. The van der Waals surface area contributed by atoms with Crippen LogP contribution >= 0.6 is 0 Å². The molecule has 1 atom stereocenters. The van der Waals surface area contributed by atoms with Gasteiger partial charge in [0.2, 0.25) is 0 Å². The zero-order valence-corrected chi connectivity index (χ0v) is 9.59. The molecule has 0 aromatic carbocycles. The summed E-state index contributed by atoms with van der Waals surface area (Å²) in [5.41, 5.74) is 2.39. The van der Waals surface area contributed by atoms with Crippen LogP contribution in [0.4, 0.5) is 0 Å². The fraction of sp³-hybridized carbons (Fsp3) is 0.333. The standard InChI is InChI=1S/C12H16N4/c1-10(12-4-3-5-13-8-12)14-6-11-7-15-16(2)9-11/h3-5,7-10,14H,6H2,1-2H3. The van der Waals surface area contributed by atoms with Crippen LogP contribution < -0.4 is 5.32 Å². The van der Waals surface area contributed by atoms with Gasteiger partial charge in [-0.15, -0.1) is 0 Å². The van der Waals surface area contributed by atoms with E-state index in [0.717, 1.165) is 6.54 Å². The van der Waals surface area contributed by atoms with Crippen molar-refractivity contribution >= 4 is 0 Å². The van der Waals surface area contributed by atoms with Crippen LogP contribution in [0.5, 0.6) is 0 Å². The van der Waals surface area contributed by atoms with E-state index in [1.54, 1.807) is 6.20 Å². The smallest absolute Gasteiger partial charge is 0.0534 e. The summed E-state index contributed by atoms with van der Waals surface area (Å²) in [6, 6.07) is 4.33. The Bertz CT molecular complexity index is 435. The van der Waals surface area contributed by atoms with Crippen molar-refractivity contribution in [2.45, 2.75) is 19.5 Å². The Hall–Kier alpha value is -1.68. The van der Waals surface area contributed by atoms with Gasteiger partial charge in [-0.3, -0.25) is 9.67 Å². The van der Waals surface area contributed by atoms with Gasteiger partial charge in [0, 0.05) is 43.8 Å². The molecule has 2 heterocycles. The van der Waals surface area contributed by atoms with Gasteiger partial charge in [0.25, 0.3) is 0 Å². The highest BCUT2D eigenvalue weighted by Crippen LogP contribution is 2.10. The number of hydrogen-bond acceptors (Lipinski definition) is 3. The molecule has 0 aliphatic heterocycles. The van der Waals surface area contributed by atoms with Crippen LogP contribution in [-0.4, -0.2) is 14.8 Å². The lowest BCUT2D eigenvalue weighted by Crippen LogP contribution is -2.17. The predicted octanol–water partition coefficient (Wildman–Crippen LogP) is 1.67. The molecule has 1 N–H and O–H groups in total. The number of nitrogens with one attached hydrogen (secondary N) is 1. The average molecular weight is 216 g/mol. The van der Waals surface area contributed by atoms with Crippen molar-refractivity contribution in [1.29, 1.82) is 0 Å². The molecule has 2 aromatic heterocycles. The molecule has 4 heteroatoms. The first-order valence-electron chi connectivity index (χ1n) is 5.36. The molecule has 16 heavy (non-hydrogen) atoms. The minimum Gasteiger partial charge on any atom is -0.306 e. The van der Waals surface area contributed by atoms with E-state index < -0.39 is 0 Å². The second kappa shape index (κ2) is 4.90. The van der Waals surface area contributed by atoms with Gasteiger partial charge in [-0.2, -0.15) is 5.10 Å². The second-order valence-corrected chi connectivity index (χ2v) is 3.91. The minimum atomic E-state index is 0.300. The highest BCUT2D eigenvalue weighted by Gasteiger charge is 2.04. The van der Waals surface area contributed by atoms with Crippen molar-refractivity contribution in [3.63, 3.8) is 0 Å². The van der Waals surface area contributed by atoms with Crippen LogP contribution in [0.25, 0.3) is 0 Å². The maximum atomic E-state index is 4.13. The maximum Gasteiger partial charge on any atom is 0.0534 e. The third-order valence-corrected chi connectivity index (χ3v) is 2.56. The Morgan fingerprint density at radius 3 is 2.94 bits per heavy atom. The highest BCUT2D eigenvalue weighted by molar-refractivity contribution is 5.13. The van der Waals surface area contributed by atoms with E-state index in [4.69, 9.17) is 0 Å². The zero-order chi connectivity index (χ0) is 11.4. The van der Waals surface area contributed by atoms with Crippen LogP contribution in [0.3, 0.4) is 0 Å². The van der Waals surface area contributed by atoms with Gasteiger partial charge in [-0.1, -0.05) is 6.07 Å². The van der Waals surface area contributed by atoms with Gasteiger partial charge in [0.15, 0.2) is 0 Å². The van der Waals surface area contributed by atoms with E-state index in [-0.39, 0.29) is 0 Å². The molecule has 2 rings (SSSR count). The lowest BCUT2D eigenvalue weighted by molar-refractivity contribution is 0.573. The number of pyridine rings is 1. The molecule has 0 bridgehead atoms. The van der Waals surface area contributed by atoms with Gasteiger partial charge < -0.3 is 5.32 Å². The van der Waals surface area contributed by atoms with E-state index in [1.807, 2.05) is 36.4 Å². The summed E-state index contributed by atoms with van der Waals surface area (Å²) in [5.74, 6) is 0. The molecular weight excluding hydrogens is 200 g/mol. The molecular formula is C12H16N4. The van der Waals surface area contributed by atoms with Crippen molar-refractivity contribution < 1.29 is 0 Å². The predicted molar refractivity (Wildman–Crippen MR) is 62.7 cm³/mol. The normalized spacial score (nSPS) is 12.6. The molecule has 0 saturated heterocycles. The van der Waals surface area contributed by atoms with Crippen molar-refractivity contribution in [1.82, 2.24) is 20.1 Å². The summed E-state index contributed by atoms with van der Waals surface area (Å²) in [7, 11) is 1.92. The van der Waals surface area contributed by atoms with Crippen molar-refractivity contribution in [3.05, 3.63) is 48.0 Å². The Balaban J connectivity index is 1.91. The quantitative estimate of drug-likeness (QED) is 0.845. The first kappa shape index (κ1) is 10.8. The third kappa shape index (κ3) is 2.67. The summed E-state index contributed by atoms with van der Waals surface area (Å²) < 4.78 is 1.81. The van der Waals surface area contributed by atoms with Gasteiger partial charge in [-0.05, 0) is 18.6 Å². The lowest BCUT2D eigenvalue weighted by atomic mass is 10.1. The third-order valence-electron chi connectivity index (χ3n) is 2.56. The molecule has 0 spiro atoms. The molecule has 0 radical (unpaired) electrons. The first-order chi connectivity index (χ1) is 7.75. The van der Waals surface area contributed by atoms with Crippen molar-refractivity contribution in [2.24, 2.45) is 7.05 Å². The van der Waals surface area contributed by atoms with Gasteiger partial charge in [0.1, 0.15) is 0 Å². The fourth-order valence-corrected chi connectivity index (χ4v) is 1.58. The number of hydrogen-bond donors (Lipinski definition) is 1. The molecule has 0 fully saturated rings. The summed E-state index contributed by atoms with van der Waals surface area (Å²) in [4.78, 5) is 4.11. The SMILES string of the molecule is CC(NCc1cnn(C)c1)c1cccnc1. The van der Waals surface area contributed by atoms with Crippen molar-refractivity contribution in [3.8, 4) is 0 Å². The van der Waals surface area contributed by atoms with E-state index in [9.17, 15) is 0 Å². The Labute approximate surface area is 95.3 Å². The summed E-state index contributed by atoms with van der Waals surface area (Å²) in [6.45, 7) is 2.96. The summed E-state index contributed by atoms with van der Waals surface area (Å²) >= 11 is 0. The molecule has 84 valence electrons. The average Bonchev–Trinajstić information content (AvgIpc) is 2.73. The Kier molecular flexibility index (Phi) is 3.31. The monoisotopic (exact) mass is 216 g/mol. The van der Waals surface area contributed by atoms with Gasteiger partial charge >= 0.3 is 0 Å². The molecule has 0 saturated carbocycles. The topological polar surface area (TPSA) is 42.7 Å². The number of aryl methyl sites for hydroxylation is 1. The van der Waals surface area contributed by atoms with E-state index in [0.29, 0.717) is 6.04 Å². The van der Waals surface area contributed by atoms with E-state index in [1.165, 1.54) is 11.1 Å². The van der Waals surface area contributed by atoms with Crippen LogP contribution in [-0.2, 0) is 13.6 Å². The van der Waals surface area contributed by atoms with Crippen LogP contribution in [0, 0.1) is 0 Å². The molecule has 0 amide bonds. The Morgan fingerprint density at radius 2 is 2.31 bits per heavy atom. The fourth-order valence-electron chi connectivity index (χ4n) is 1.58. The van der Waals surface area contributed by atoms with E-state index in [2.05, 4.69) is 28.4 Å². The first-order valence-corrected chi connectivity index (χ1v) is 5.36. The number of rotatable bonds is 4. The van der Waals surface area contributed by atoms with Gasteiger partial charge in [-0.25, -0.2) is 0 Å². The number of nitrogens with zero attached hydrogens (tertiary/aromatic N) is 3. The van der Waals surface area contributed by atoms with Gasteiger partial charge in [0.05, 0.1) is 6.20 Å². The zero-order valence-electron chi connectivity index (χ0n) is 9.59. The molecule has 1 unspecified atom stereocenters. The maximum absolute atomic E-state index is 4.13. The molecule has 0 aliphatic rings. The second-order valence-electron chi connectivity index (χ2n) is 3.91. The summed E-state index contributed by atoms with van der Waals surface area (Å²) in [5, 5.41) is 7.57. The number of aromatic nitrogens is 3. The lowest BCUT2D eigenvalue weighted by Gasteiger charge is -2.12. The minimum absolute atomic E-state index is 0.300. The van der Waals surface area contributed by atoms with Crippen LogP contribution in [0.2, 0.25) is 0 Å². The molecule has 4 nitrogen and oxygen atoms in total. The van der Waals surface area contributed by atoms with E-state index >= 15 is 0 Å².